The van der Waals surface area contributed by atoms with Gasteiger partial charge < -0.3 is 0 Å². The van der Waals surface area contributed by atoms with Crippen LogP contribution in [0.25, 0.3) is 5.57 Å². The van der Waals surface area contributed by atoms with E-state index in [0.29, 0.717) is 9.92 Å². The molecule has 0 saturated heterocycles. The first-order valence-electron chi connectivity index (χ1n) is 3.74. The van der Waals surface area contributed by atoms with E-state index >= 15 is 0 Å². The van der Waals surface area contributed by atoms with E-state index in [1.807, 2.05) is 0 Å². The first kappa shape index (κ1) is 8.78. The van der Waals surface area contributed by atoms with Crippen molar-refractivity contribution in [3.05, 3.63) is 34.2 Å². The lowest BCUT2D eigenvalue weighted by Crippen LogP contribution is -1.92. The van der Waals surface area contributed by atoms with Crippen LogP contribution in [0.3, 0.4) is 0 Å². The lowest BCUT2D eigenvalue weighted by Gasteiger charge is -1.99. The summed E-state index contributed by atoms with van der Waals surface area (Å²) in [5, 5.41) is 1.72. The normalized spacial score (nSPS) is 18.2. The van der Waals surface area contributed by atoms with Gasteiger partial charge in [-0.2, -0.15) is 0 Å². The quantitative estimate of drug-likeness (QED) is 0.665. The molecular formula is C9H7ClO2S. The van der Waals surface area contributed by atoms with E-state index in [1.54, 1.807) is 19.1 Å². The molecule has 0 N–H and O–H groups in total. The Morgan fingerprint density at radius 1 is 1.31 bits per heavy atom. The van der Waals surface area contributed by atoms with Crippen molar-refractivity contribution in [3.8, 4) is 0 Å². The topological polar surface area (TPSA) is 34.1 Å². The van der Waals surface area contributed by atoms with Crippen molar-refractivity contribution in [1.82, 2.24) is 0 Å². The molecule has 68 valence electrons. The molecule has 1 aromatic rings. The highest BCUT2D eigenvalue weighted by molar-refractivity contribution is 7.95. The summed E-state index contributed by atoms with van der Waals surface area (Å²) in [5.41, 5.74) is 1.52. The van der Waals surface area contributed by atoms with Crippen LogP contribution >= 0.6 is 11.6 Å². The average Bonchev–Trinajstić information content (AvgIpc) is 2.23. The molecule has 0 bridgehead atoms. The third kappa shape index (κ3) is 1.28. The Bertz CT molecular complexity index is 500. The highest BCUT2D eigenvalue weighted by Crippen LogP contribution is 2.34. The molecule has 13 heavy (non-hydrogen) atoms. The molecule has 0 unspecified atom stereocenters. The van der Waals surface area contributed by atoms with Crippen LogP contribution in [0.5, 0.6) is 0 Å². The molecule has 2 rings (SSSR count). The van der Waals surface area contributed by atoms with Crippen LogP contribution < -0.4 is 0 Å². The summed E-state index contributed by atoms with van der Waals surface area (Å²) in [6.07, 6.45) is 0. The zero-order chi connectivity index (χ0) is 9.64. The van der Waals surface area contributed by atoms with E-state index in [9.17, 15) is 8.42 Å². The standard InChI is InChI=1S/C9H7ClO2S/c1-6-5-13(11,12)9-4-7(10)2-3-8(6)9/h2-5H,1H3. The van der Waals surface area contributed by atoms with Crippen LogP contribution in [-0.4, -0.2) is 8.42 Å². The van der Waals surface area contributed by atoms with E-state index < -0.39 is 9.84 Å². The minimum Gasteiger partial charge on any atom is -0.219 e. The predicted octanol–water partition coefficient (Wildman–Crippen LogP) is 2.49. The molecule has 0 fully saturated rings. The summed E-state index contributed by atoms with van der Waals surface area (Å²) in [7, 11) is -3.22. The molecule has 0 aliphatic carbocycles. The van der Waals surface area contributed by atoms with Gasteiger partial charge in [-0.3, -0.25) is 0 Å². The summed E-state index contributed by atoms with van der Waals surface area (Å²) in [4.78, 5) is 0.317. The van der Waals surface area contributed by atoms with Crippen LogP contribution in [-0.2, 0) is 9.84 Å². The van der Waals surface area contributed by atoms with Gasteiger partial charge in [0.25, 0.3) is 0 Å². The molecule has 0 atom stereocenters. The Kier molecular flexibility index (Phi) is 1.75. The second-order valence-electron chi connectivity index (χ2n) is 2.99. The smallest absolute Gasteiger partial charge is 0.200 e. The number of benzene rings is 1. The maximum atomic E-state index is 11.5. The van der Waals surface area contributed by atoms with Crippen molar-refractivity contribution in [2.75, 3.05) is 0 Å². The Morgan fingerprint density at radius 2 is 2.00 bits per heavy atom. The largest absolute Gasteiger partial charge is 0.219 e. The Balaban J connectivity index is 2.83. The molecule has 1 aromatic carbocycles. The molecule has 1 aliphatic heterocycles. The Hall–Kier alpha value is -0.800. The average molecular weight is 215 g/mol. The second-order valence-corrected chi connectivity index (χ2v) is 5.19. The van der Waals surface area contributed by atoms with Gasteiger partial charge in [-0.15, -0.1) is 0 Å². The SMILES string of the molecule is CC1=CS(=O)(=O)c2cc(Cl)ccc21. The highest BCUT2D eigenvalue weighted by Gasteiger charge is 2.24. The van der Waals surface area contributed by atoms with Gasteiger partial charge in [0.2, 0.25) is 9.84 Å². The van der Waals surface area contributed by atoms with Crippen LogP contribution in [0.1, 0.15) is 12.5 Å². The Morgan fingerprint density at radius 3 is 2.69 bits per heavy atom. The molecule has 1 aliphatic rings. The number of fused-ring (bicyclic) bond motifs is 1. The van der Waals surface area contributed by atoms with E-state index in [4.69, 9.17) is 11.6 Å². The fourth-order valence-corrected chi connectivity index (χ4v) is 3.20. The lowest BCUT2D eigenvalue weighted by molar-refractivity contribution is 0.605. The van der Waals surface area contributed by atoms with E-state index in [-0.39, 0.29) is 0 Å². The van der Waals surface area contributed by atoms with Crippen LogP contribution in [0.4, 0.5) is 0 Å². The molecule has 0 saturated carbocycles. The fourth-order valence-electron chi connectivity index (χ4n) is 1.42. The Labute approximate surface area is 81.8 Å². The van der Waals surface area contributed by atoms with Gasteiger partial charge in [0, 0.05) is 10.4 Å². The van der Waals surface area contributed by atoms with Crippen molar-refractivity contribution in [3.63, 3.8) is 0 Å². The maximum Gasteiger partial charge on any atom is 0.200 e. The lowest BCUT2D eigenvalue weighted by atomic mass is 10.1. The third-order valence-electron chi connectivity index (χ3n) is 2.01. The van der Waals surface area contributed by atoms with Gasteiger partial charge in [-0.25, -0.2) is 8.42 Å². The maximum absolute atomic E-state index is 11.5. The highest BCUT2D eigenvalue weighted by atomic mass is 35.5. The predicted molar refractivity (Wildman–Crippen MR) is 52.3 cm³/mol. The zero-order valence-electron chi connectivity index (χ0n) is 6.91. The van der Waals surface area contributed by atoms with E-state index in [0.717, 1.165) is 11.1 Å². The number of hydrogen-bond acceptors (Lipinski definition) is 2. The fraction of sp³-hybridized carbons (Fsp3) is 0.111. The van der Waals surface area contributed by atoms with Crippen LogP contribution in [0.2, 0.25) is 5.02 Å². The molecule has 4 heteroatoms. The first-order chi connectivity index (χ1) is 6.00. The molecule has 1 heterocycles. The van der Waals surface area contributed by atoms with Gasteiger partial charge in [-0.05, 0) is 30.2 Å². The number of halogens is 1. The van der Waals surface area contributed by atoms with Crippen molar-refractivity contribution >= 4 is 27.0 Å². The van der Waals surface area contributed by atoms with Crippen molar-refractivity contribution in [2.24, 2.45) is 0 Å². The van der Waals surface area contributed by atoms with Crippen molar-refractivity contribution in [2.45, 2.75) is 11.8 Å². The van der Waals surface area contributed by atoms with Gasteiger partial charge in [0.1, 0.15) is 0 Å². The summed E-state index contributed by atoms with van der Waals surface area (Å²) < 4.78 is 23.0. The molecular weight excluding hydrogens is 208 g/mol. The summed E-state index contributed by atoms with van der Waals surface area (Å²) in [6, 6.07) is 4.91. The molecule has 0 amide bonds. The summed E-state index contributed by atoms with van der Waals surface area (Å²) in [5.74, 6) is 0. The molecule has 0 radical (unpaired) electrons. The van der Waals surface area contributed by atoms with Crippen LogP contribution in [0, 0.1) is 0 Å². The van der Waals surface area contributed by atoms with Gasteiger partial charge >= 0.3 is 0 Å². The van der Waals surface area contributed by atoms with Gasteiger partial charge in [-0.1, -0.05) is 17.7 Å². The third-order valence-corrected chi connectivity index (χ3v) is 3.86. The van der Waals surface area contributed by atoms with Crippen molar-refractivity contribution < 1.29 is 8.42 Å². The van der Waals surface area contributed by atoms with E-state index in [2.05, 4.69) is 0 Å². The molecule has 0 aromatic heterocycles. The second kappa shape index (κ2) is 2.59. The summed E-state index contributed by atoms with van der Waals surface area (Å²) >= 11 is 5.71. The summed E-state index contributed by atoms with van der Waals surface area (Å²) in [6.45, 7) is 1.78. The molecule has 2 nitrogen and oxygen atoms in total. The van der Waals surface area contributed by atoms with Crippen molar-refractivity contribution in [1.29, 1.82) is 0 Å². The number of sulfone groups is 1. The molecule has 0 spiro atoms. The first-order valence-corrected chi connectivity index (χ1v) is 5.66. The van der Waals surface area contributed by atoms with Gasteiger partial charge in [0.15, 0.2) is 0 Å². The number of rotatable bonds is 0. The number of hydrogen-bond donors (Lipinski definition) is 0. The minimum atomic E-state index is -3.22. The minimum absolute atomic E-state index is 0.317. The van der Waals surface area contributed by atoms with E-state index in [1.165, 1.54) is 11.5 Å². The zero-order valence-corrected chi connectivity index (χ0v) is 8.48. The van der Waals surface area contributed by atoms with Gasteiger partial charge in [0.05, 0.1) is 4.90 Å². The van der Waals surface area contributed by atoms with Crippen LogP contribution in [0.15, 0.2) is 28.5 Å². The number of allylic oxidation sites excluding steroid dienone is 1. The monoisotopic (exact) mass is 214 g/mol.